The van der Waals surface area contributed by atoms with Crippen molar-refractivity contribution in [2.45, 2.75) is 13.3 Å². The Morgan fingerprint density at radius 3 is 2.60 bits per heavy atom. The number of aromatic nitrogens is 2. The van der Waals surface area contributed by atoms with Crippen LogP contribution in [-0.4, -0.2) is 9.55 Å². The van der Waals surface area contributed by atoms with Gasteiger partial charge in [-0.1, -0.05) is 30.1 Å². The predicted molar refractivity (Wildman–Crippen MR) is 76.8 cm³/mol. The lowest BCUT2D eigenvalue weighted by Gasteiger charge is -2.09. The van der Waals surface area contributed by atoms with Crippen LogP contribution in [0.2, 0.25) is 10.2 Å². The minimum Gasteiger partial charge on any atom is -0.297 e. The van der Waals surface area contributed by atoms with Gasteiger partial charge in [0.25, 0.3) is 5.56 Å². The SMILES string of the molecule is CCc1c(Cl)[nH]c(=O)n(-c2ccc(C#N)cc2Cl)c1=O. The Labute approximate surface area is 124 Å². The maximum Gasteiger partial charge on any atom is 0.334 e. The summed E-state index contributed by atoms with van der Waals surface area (Å²) in [6.07, 6.45) is 0.377. The topological polar surface area (TPSA) is 78.7 Å². The van der Waals surface area contributed by atoms with E-state index < -0.39 is 11.2 Å². The third kappa shape index (κ3) is 2.36. The van der Waals surface area contributed by atoms with Gasteiger partial charge >= 0.3 is 5.69 Å². The van der Waals surface area contributed by atoms with E-state index in [4.69, 9.17) is 28.5 Å². The molecule has 5 nitrogen and oxygen atoms in total. The molecule has 7 heteroatoms. The van der Waals surface area contributed by atoms with Gasteiger partial charge in [-0.25, -0.2) is 9.36 Å². The lowest BCUT2D eigenvalue weighted by atomic mass is 10.2. The minimum absolute atomic E-state index is 0.0310. The number of benzene rings is 1. The molecular weight excluding hydrogens is 301 g/mol. The highest BCUT2D eigenvalue weighted by Gasteiger charge is 2.15. The van der Waals surface area contributed by atoms with Crippen molar-refractivity contribution in [2.75, 3.05) is 0 Å². The molecule has 102 valence electrons. The normalized spacial score (nSPS) is 10.3. The number of halogens is 2. The van der Waals surface area contributed by atoms with Crippen molar-refractivity contribution in [1.29, 1.82) is 5.26 Å². The molecule has 2 rings (SSSR count). The third-order valence-electron chi connectivity index (χ3n) is 2.82. The number of rotatable bonds is 2. The van der Waals surface area contributed by atoms with Crippen molar-refractivity contribution in [3.05, 3.63) is 60.3 Å². The third-order valence-corrected chi connectivity index (χ3v) is 3.44. The van der Waals surface area contributed by atoms with Crippen LogP contribution < -0.4 is 11.2 Å². The summed E-state index contributed by atoms with van der Waals surface area (Å²) < 4.78 is 0.911. The van der Waals surface area contributed by atoms with Crippen LogP contribution in [0.4, 0.5) is 0 Å². The fourth-order valence-electron chi connectivity index (χ4n) is 1.83. The molecule has 0 fully saturated rings. The van der Waals surface area contributed by atoms with Crippen LogP contribution >= 0.6 is 23.2 Å². The largest absolute Gasteiger partial charge is 0.334 e. The first kappa shape index (κ1) is 14.4. The molecule has 0 spiro atoms. The van der Waals surface area contributed by atoms with Gasteiger partial charge in [-0.3, -0.25) is 9.78 Å². The maximum atomic E-state index is 12.3. The Bertz CT molecular complexity index is 831. The molecule has 2 aromatic rings. The summed E-state index contributed by atoms with van der Waals surface area (Å²) in [5, 5.41) is 8.96. The zero-order valence-corrected chi connectivity index (χ0v) is 11.9. The summed E-state index contributed by atoms with van der Waals surface area (Å²) in [6, 6.07) is 6.25. The summed E-state index contributed by atoms with van der Waals surface area (Å²) in [4.78, 5) is 26.6. The standard InChI is InChI=1S/C13H9Cl2N3O2/c1-2-8-11(15)17-13(20)18(12(8)19)10-4-3-7(6-16)5-9(10)14/h3-5H,2H2,1H3,(H,17,20). The van der Waals surface area contributed by atoms with Gasteiger partial charge in [0.05, 0.1) is 27.9 Å². The average Bonchev–Trinajstić information content (AvgIpc) is 2.40. The molecule has 1 aromatic heterocycles. The van der Waals surface area contributed by atoms with E-state index in [1.54, 1.807) is 6.92 Å². The zero-order chi connectivity index (χ0) is 14.9. The van der Waals surface area contributed by atoms with Gasteiger partial charge in [0.2, 0.25) is 0 Å². The van der Waals surface area contributed by atoms with E-state index in [0.29, 0.717) is 17.5 Å². The van der Waals surface area contributed by atoms with Crippen LogP contribution in [0.15, 0.2) is 27.8 Å². The fourth-order valence-corrected chi connectivity index (χ4v) is 2.39. The summed E-state index contributed by atoms with van der Waals surface area (Å²) in [5.41, 5.74) is -0.348. The smallest absolute Gasteiger partial charge is 0.297 e. The number of hydrogen-bond donors (Lipinski definition) is 1. The molecule has 0 unspecified atom stereocenters. The van der Waals surface area contributed by atoms with E-state index in [1.165, 1.54) is 18.2 Å². The maximum absolute atomic E-state index is 12.3. The highest BCUT2D eigenvalue weighted by Crippen LogP contribution is 2.20. The van der Waals surface area contributed by atoms with Gasteiger partial charge in [0, 0.05) is 0 Å². The van der Waals surface area contributed by atoms with Gasteiger partial charge in [0.15, 0.2) is 0 Å². The highest BCUT2D eigenvalue weighted by atomic mass is 35.5. The van der Waals surface area contributed by atoms with Crippen LogP contribution in [-0.2, 0) is 6.42 Å². The molecular formula is C13H9Cl2N3O2. The second kappa shape index (κ2) is 5.53. The minimum atomic E-state index is -0.677. The van der Waals surface area contributed by atoms with Crippen molar-refractivity contribution in [1.82, 2.24) is 9.55 Å². The van der Waals surface area contributed by atoms with Crippen LogP contribution in [0, 0.1) is 11.3 Å². The monoisotopic (exact) mass is 309 g/mol. The van der Waals surface area contributed by atoms with Crippen LogP contribution in [0.1, 0.15) is 18.1 Å². The van der Waals surface area contributed by atoms with Gasteiger partial charge in [-0.15, -0.1) is 0 Å². The van der Waals surface area contributed by atoms with E-state index in [0.717, 1.165) is 4.57 Å². The molecule has 1 N–H and O–H groups in total. The zero-order valence-electron chi connectivity index (χ0n) is 10.4. The number of nitriles is 1. The van der Waals surface area contributed by atoms with Gasteiger partial charge < -0.3 is 0 Å². The summed E-state index contributed by atoms with van der Waals surface area (Å²) in [5.74, 6) is 0. The molecule has 0 aliphatic heterocycles. The van der Waals surface area contributed by atoms with E-state index >= 15 is 0 Å². The van der Waals surface area contributed by atoms with Gasteiger partial charge in [-0.05, 0) is 24.6 Å². The first-order valence-electron chi connectivity index (χ1n) is 5.73. The molecule has 20 heavy (non-hydrogen) atoms. The van der Waals surface area contributed by atoms with Crippen molar-refractivity contribution in [3.8, 4) is 11.8 Å². The Balaban J connectivity index is 2.81. The fraction of sp³-hybridized carbons (Fsp3) is 0.154. The average molecular weight is 310 g/mol. The van der Waals surface area contributed by atoms with Crippen LogP contribution in [0.3, 0.4) is 0 Å². The summed E-state index contributed by atoms with van der Waals surface area (Å²) in [7, 11) is 0. The van der Waals surface area contributed by atoms with E-state index in [-0.39, 0.29) is 15.9 Å². The molecule has 0 bridgehead atoms. The number of H-pyrrole nitrogens is 1. The van der Waals surface area contributed by atoms with Gasteiger partial charge in [0.1, 0.15) is 5.15 Å². The number of hydrogen-bond acceptors (Lipinski definition) is 3. The van der Waals surface area contributed by atoms with Gasteiger partial charge in [-0.2, -0.15) is 5.26 Å². The Morgan fingerprint density at radius 2 is 2.05 bits per heavy atom. The van der Waals surface area contributed by atoms with Crippen LogP contribution in [0.25, 0.3) is 5.69 Å². The molecule has 0 radical (unpaired) electrons. The van der Waals surface area contributed by atoms with Crippen molar-refractivity contribution < 1.29 is 0 Å². The molecule has 0 atom stereocenters. The first-order chi connectivity index (χ1) is 9.49. The van der Waals surface area contributed by atoms with E-state index in [1.807, 2.05) is 6.07 Å². The summed E-state index contributed by atoms with van der Waals surface area (Å²) >= 11 is 11.9. The number of nitrogens with one attached hydrogen (secondary N) is 1. The molecule has 0 aliphatic carbocycles. The summed E-state index contributed by atoms with van der Waals surface area (Å²) in [6.45, 7) is 1.76. The lowest BCUT2D eigenvalue weighted by Crippen LogP contribution is -2.36. The van der Waals surface area contributed by atoms with Crippen LogP contribution in [0.5, 0.6) is 0 Å². The molecule has 0 amide bonds. The molecule has 1 aromatic carbocycles. The van der Waals surface area contributed by atoms with E-state index in [2.05, 4.69) is 4.98 Å². The predicted octanol–water partition coefficient (Wildman–Crippen LogP) is 2.27. The number of aromatic amines is 1. The second-order valence-corrected chi connectivity index (χ2v) is 4.78. The second-order valence-electron chi connectivity index (χ2n) is 3.99. The molecule has 0 saturated carbocycles. The molecule has 0 aliphatic rings. The van der Waals surface area contributed by atoms with Crippen molar-refractivity contribution >= 4 is 23.2 Å². The Hall–Kier alpha value is -2.03. The lowest BCUT2D eigenvalue weighted by molar-refractivity contribution is 0.842. The Morgan fingerprint density at radius 1 is 1.35 bits per heavy atom. The molecule has 1 heterocycles. The highest BCUT2D eigenvalue weighted by molar-refractivity contribution is 6.32. The van der Waals surface area contributed by atoms with E-state index in [9.17, 15) is 9.59 Å². The Kier molecular flexibility index (Phi) is 3.98. The first-order valence-corrected chi connectivity index (χ1v) is 6.49. The van der Waals surface area contributed by atoms with Crippen molar-refractivity contribution in [3.63, 3.8) is 0 Å². The van der Waals surface area contributed by atoms with Crippen molar-refractivity contribution in [2.24, 2.45) is 0 Å². The number of nitrogens with zero attached hydrogens (tertiary/aromatic N) is 2. The molecule has 0 saturated heterocycles. The quantitative estimate of drug-likeness (QED) is 0.864.